The number of benzene rings is 1. The van der Waals surface area contributed by atoms with Crippen molar-refractivity contribution in [3.8, 4) is 5.75 Å². The number of rotatable bonds is 8. The van der Waals surface area contributed by atoms with Crippen LogP contribution in [0.25, 0.3) is 0 Å². The highest BCUT2D eigenvalue weighted by Crippen LogP contribution is 2.39. The van der Waals surface area contributed by atoms with Crippen LogP contribution in [0.5, 0.6) is 5.75 Å². The van der Waals surface area contributed by atoms with E-state index in [1.807, 2.05) is 24.3 Å². The maximum Gasteiger partial charge on any atom is 0.414 e. The molecule has 0 aliphatic heterocycles. The number of methoxy groups -OCH3 is 1. The minimum absolute atomic E-state index is 0.164. The number of carbonyl (C=O) groups is 3. The standard InChI is InChI=1S/C23H28N2O5S2/c1-4-30-23(28)25-21(27)20-17-10-5-14(2)13-18(17)32-22(20)24-19(26)11-12-31-16-8-6-15(29-3)7-9-16/h6-9,14H,4-5,10-13H2,1-3H3,(H,24,26)(H,25,27,28). The lowest BCUT2D eigenvalue weighted by Gasteiger charge is -2.18. The van der Waals surface area contributed by atoms with Gasteiger partial charge in [0.15, 0.2) is 0 Å². The number of thioether (sulfide) groups is 1. The first-order valence-corrected chi connectivity index (χ1v) is 12.4. The number of carbonyl (C=O) groups excluding carboxylic acids is 3. The van der Waals surface area contributed by atoms with Crippen LogP contribution in [0, 0.1) is 5.92 Å². The van der Waals surface area contributed by atoms with Gasteiger partial charge in [0, 0.05) is 21.9 Å². The smallest absolute Gasteiger partial charge is 0.414 e. The van der Waals surface area contributed by atoms with E-state index in [1.54, 1.807) is 25.8 Å². The molecule has 1 aromatic carbocycles. The van der Waals surface area contributed by atoms with Gasteiger partial charge in [0.1, 0.15) is 10.8 Å². The molecule has 0 radical (unpaired) electrons. The van der Waals surface area contributed by atoms with Crippen LogP contribution in [-0.2, 0) is 22.4 Å². The third-order valence-corrected chi connectivity index (χ3v) is 7.32. The highest BCUT2D eigenvalue weighted by atomic mass is 32.2. The van der Waals surface area contributed by atoms with Crippen molar-refractivity contribution < 1.29 is 23.9 Å². The number of nitrogens with one attached hydrogen (secondary N) is 2. The number of fused-ring (bicyclic) bond motifs is 1. The Morgan fingerprint density at radius 1 is 1.22 bits per heavy atom. The summed E-state index contributed by atoms with van der Waals surface area (Å²) in [6, 6.07) is 7.67. The van der Waals surface area contributed by atoms with Gasteiger partial charge >= 0.3 is 6.09 Å². The zero-order valence-electron chi connectivity index (χ0n) is 18.5. The molecule has 3 amide bonds. The highest BCUT2D eigenvalue weighted by molar-refractivity contribution is 7.99. The lowest BCUT2D eigenvalue weighted by molar-refractivity contribution is -0.115. The van der Waals surface area contributed by atoms with Crippen molar-refractivity contribution in [3.63, 3.8) is 0 Å². The van der Waals surface area contributed by atoms with E-state index in [9.17, 15) is 14.4 Å². The topological polar surface area (TPSA) is 93.7 Å². The Bertz CT molecular complexity index is 972. The Labute approximate surface area is 196 Å². The molecule has 0 saturated heterocycles. The second-order valence-electron chi connectivity index (χ2n) is 7.55. The monoisotopic (exact) mass is 476 g/mol. The Kier molecular flexibility index (Phi) is 8.58. The van der Waals surface area contributed by atoms with Crippen molar-refractivity contribution in [2.75, 3.05) is 24.8 Å². The molecular formula is C23H28N2O5S2. The average molecular weight is 477 g/mol. The van der Waals surface area contributed by atoms with Gasteiger partial charge in [-0.15, -0.1) is 23.1 Å². The van der Waals surface area contributed by atoms with Gasteiger partial charge < -0.3 is 14.8 Å². The van der Waals surface area contributed by atoms with Gasteiger partial charge in [0.25, 0.3) is 5.91 Å². The average Bonchev–Trinajstić information content (AvgIpc) is 3.11. The van der Waals surface area contributed by atoms with Crippen LogP contribution in [0.4, 0.5) is 9.80 Å². The van der Waals surface area contributed by atoms with E-state index in [2.05, 4.69) is 17.6 Å². The summed E-state index contributed by atoms with van der Waals surface area (Å²) in [7, 11) is 1.62. The predicted octanol–water partition coefficient (Wildman–Crippen LogP) is 4.89. The lowest BCUT2D eigenvalue weighted by atomic mass is 9.88. The first-order valence-electron chi connectivity index (χ1n) is 10.6. The summed E-state index contributed by atoms with van der Waals surface area (Å²) in [5.74, 6) is 1.22. The van der Waals surface area contributed by atoms with Crippen LogP contribution in [0.15, 0.2) is 29.2 Å². The molecule has 1 aliphatic rings. The molecule has 2 aromatic rings. The zero-order valence-corrected chi connectivity index (χ0v) is 20.1. The number of hydrogen-bond donors (Lipinski definition) is 2. The zero-order chi connectivity index (χ0) is 23.1. The van der Waals surface area contributed by atoms with Crippen molar-refractivity contribution in [2.45, 2.75) is 44.4 Å². The highest BCUT2D eigenvalue weighted by Gasteiger charge is 2.29. The predicted molar refractivity (Wildman–Crippen MR) is 127 cm³/mol. The quantitative estimate of drug-likeness (QED) is 0.527. The SMILES string of the molecule is CCOC(=O)NC(=O)c1c(NC(=O)CCSc2ccc(OC)cc2)sc2c1CCC(C)C2. The van der Waals surface area contributed by atoms with Crippen molar-refractivity contribution in [1.29, 1.82) is 0 Å². The molecule has 0 spiro atoms. The Hall–Kier alpha value is -2.52. The fraction of sp³-hybridized carbons (Fsp3) is 0.435. The summed E-state index contributed by atoms with van der Waals surface area (Å²) in [6.45, 7) is 4.02. The van der Waals surface area contributed by atoms with Gasteiger partial charge in [0.05, 0.1) is 19.3 Å². The summed E-state index contributed by atoms with van der Waals surface area (Å²) >= 11 is 3.01. The van der Waals surface area contributed by atoms with E-state index < -0.39 is 12.0 Å². The third kappa shape index (κ3) is 6.26. The maximum atomic E-state index is 12.8. The molecule has 32 heavy (non-hydrogen) atoms. The molecular weight excluding hydrogens is 448 g/mol. The number of amides is 3. The molecule has 172 valence electrons. The fourth-order valence-electron chi connectivity index (χ4n) is 3.52. The molecule has 1 unspecified atom stereocenters. The summed E-state index contributed by atoms with van der Waals surface area (Å²) in [6.07, 6.45) is 2.10. The van der Waals surface area contributed by atoms with Crippen LogP contribution in [-0.4, -0.2) is 37.4 Å². The first-order chi connectivity index (χ1) is 15.4. The number of anilines is 1. The van der Waals surface area contributed by atoms with Crippen molar-refractivity contribution in [1.82, 2.24) is 5.32 Å². The van der Waals surface area contributed by atoms with Crippen LogP contribution in [0.1, 0.15) is 47.5 Å². The van der Waals surface area contributed by atoms with Gasteiger partial charge in [-0.1, -0.05) is 6.92 Å². The third-order valence-electron chi connectivity index (χ3n) is 5.14. The summed E-state index contributed by atoms with van der Waals surface area (Å²) in [4.78, 5) is 39.4. The number of hydrogen-bond acceptors (Lipinski definition) is 7. The van der Waals surface area contributed by atoms with Crippen molar-refractivity contribution in [2.24, 2.45) is 5.92 Å². The number of alkyl carbamates (subject to hydrolysis) is 1. The number of ether oxygens (including phenoxy) is 2. The molecule has 0 saturated carbocycles. The van der Waals surface area contributed by atoms with Gasteiger partial charge in [0.2, 0.25) is 5.91 Å². The van der Waals surface area contributed by atoms with Crippen LogP contribution in [0.2, 0.25) is 0 Å². The van der Waals surface area contributed by atoms with Gasteiger partial charge in [-0.05, 0) is 61.9 Å². The molecule has 1 aliphatic carbocycles. The maximum absolute atomic E-state index is 12.8. The van der Waals surface area contributed by atoms with Gasteiger partial charge in [-0.2, -0.15) is 0 Å². The van der Waals surface area contributed by atoms with Crippen LogP contribution in [0.3, 0.4) is 0 Å². The molecule has 9 heteroatoms. The largest absolute Gasteiger partial charge is 0.497 e. The fourth-order valence-corrected chi connectivity index (χ4v) is 5.80. The molecule has 1 aromatic heterocycles. The summed E-state index contributed by atoms with van der Waals surface area (Å²) in [5, 5.41) is 5.68. The van der Waals surface area contributed by atoms with E-state index in [1.165, 1.54) is 11.3 Å². The lowest BCUT2D eigenvalue weighted by Crippen LogP contribution is -2.32. The molecule has 0 fully saturated rings. The summed E-state index contributed by atoms with van der Waals surface area (Å²) < 4.78 is 9.99. The first kappa shape index (κ1) is 24.1. The molecule has 0 bridgehead atoms. The molecule has 1 heterocycles. The second-order valence-corrected chi connectivity index (χ2v) is 9.83. The Morgan fingerprint density at radius 2 is 1.97 bits per heavy atom. The van der Waals surface area contributed by atoms with Gasteiger partial charge in [-0.3, -0.25) is 14.9 Å². The minimum Gasteiger partial charge on any atom is -0.497 e. The van der Waals surface area contributed by atoms with Crippen molar-refractivity contribution >= 4 is 46.0 Å². The Morgan fingerprint density at radius 3 is 2.66 bits per heavy atom. The number of thiophene rings is 1. The minimum atomic E-state index is -0.783. The van der Waals surface area contributed by atoms with Crippen molar-refractivity contribution in [3.05, 3.63) is 40.3 Å². The molecule has 1 atom stereocenters. The van der Waals surface area contributed by atoms with E-state index in [4.69, 9.17) is 9.47 Å². The number of imide groups is 1. The van der Waals surface area contributed by atoms with Gasteiger partial charge in [-0.25, -0.2) is 4.79 Å². The second kappa shape index (κ2) is 11.4. The Balaban J connectivity index is 1.66. The van der Waals surface area contributed by atoms with E-state index >= 15 is 0 Å². The van der Waals surface area contributed by atoms with E-state index in [0.717, 1.165) is 40.3 Å². The van der Waals surface area contributed by atoms with E-state index in [-0.39, 0.29) is 12.5 Å². The normalized spacial score (nSPS) is 14.9. The van der Waals surface area contributed by atoms with Crippen LogP contribution < -0.4 is 15.4 Å². The summed E-state index contributed by atoms with van der Waals surface area (Å²) in [5.41, 5.74) is 1.32. The molecule has 7 nitrogen and oxygen atoms in total. The molecule has 2 N–H and O–H groups in total. The van der Waals surface area contributed by atoms with Crippen LogP contribution >= 0.6 is 23.1 Å². The van der Waals surface area contributed by atoms with E-state index in [0.29, 0.717) is 28.7 Å². The molecule has 3 rings (SSSR count).